The van der Waals surface area contributed by atoms with E-state index in [1.54, 1.807) is 6.07 Å². The van der Waals surface area contributed by atoms with E-state index >= 15 is 0 Å². The number of anilines is 1. The molecule has 0 heterocycles. The molecular formula is C13H14BrFN2O3. The molecule has 1 aromatic rings. The van der Waals surface area contributed by atoms with Crippen molar-refractivity contribution < 1.29 is 19.1 Å². The van der Waals surface area contributed by atoms with Gasteiger partial charge in [-0.05, 0) is 47.0 Å². The van der Waals surface area contributed by atoms with E-state index in [2.05, 4.69) is 26.6 Å². The fourth-order valence-corrected chi connectivity index (χ4v) is 2.32. The molecule has 1 saturated carbocycles. The summed E-state index contributed by atoms with van der Waals surface area (Å²) >= 11 is 3.02. The molecule has 0 spiro atoms. The van der Waals surface area contributed by atoms with Gasteiger partial charge in [0.1, 0.15) is 5.82 Å². The first-order valence-corrected chi connectivity index (χ1v) is 6.96. The van der Waals surface area contributed by atoms with E-state index in [-0.39, 0.29) is 6.54 Å². The number of carboxylic acids is 1. The van der Waals surface area contributed by atoms with Crippen LogP contribution in [0.1, 0.15) is 19.3 Å². The maximum atomic E-state index is 13.3. The summed E-state index contributed by atoms with van der Waals surface area (Å²) < 4.78 is 13.6. The van der Waals surface area contributed by atoms with Crippen LogP contribution < -0.4 is 10.6 Å². The topological polar surface area (TPSA) is 78.4 Å². The molecule has 0 unspecified atom stereocenters. The molecular weight excluding hydrogens is 331 g/mol. The molecule has 1 aromatic carbocycles. The average molecular weight is 345 g/mol. The van der Waals surface area contributed by atoms with Crippen LogP contribution in [0.2, 0.25) is 0 Å². The number of halogens is 2. The fraction of sp³-hybridized carbons (Fsp3) is 0.385. The zero-order chi connectivity index (χ0) is 14.8. The van der Waals surface area contributed by atoms with Gasteiger partial charge in [-0.1, -0.05) is 6.42 Å². The highest BCUT2D eigenvalue weighted by molar-refractivity contribution is 9.10. The second kappa shape index (κ2) is 5.78. The zero-order valence-corrected chi connectivity index (χ0v) is 12.2. The van der Waals surface area contributed by atoms with Crippen LogP contribution in [-0.4, -0.2) is 23.7 Å². The van der Waals surface area contributed by atoms with Crippen LogP contribution in [0.4, 0.5) is 14.9 Å². The Morgan fingerprint density at radius 1 is 1.40 bits per heavy atom. The van der Waals surface area contributed by atoms with E-state index in [1.165, 1.54) is 12.1 Å². The second-order valence-electron chi connectivity index (χ2n) is 4.88. The van der Waals surface area contributed by atoms with Crippen molar-refractivity contribution in [2.75, 3.05) is 11.9 Å². The minimum absolute atomic E-state index is 0.0766. The van der Waals surface area contributed by atoms with Crippen molar-refractivity contribution in [1.29, 1.82) is 0 Å². The Hall–Kier alpha value is -1.63. The number of carbonyl (C=O) groups excluding carboxylic acids is 1. The molecule has 3 N–H and O–H groups in total. The van der Waals surface area contributed by atoms with E-state index in [0.29, 0.717) is 23.0 Å². The van der Waals surface area contributed by atoms with Crippen molar-refractivity contribution in [3.8, 4) is 0 Å². The van der Waals surface area contributed by atoms with Crippen LogP contribution in [0.15, 0.2) is 22.7 Å². The van der Waals surface area contributed by atoms with Crippen LogP contribution in [-0.2, 0) is 4.79 Å². The van der Waals surface area contributed by atoms with Crippen LogP contribution in [0.3, 0.4) is 0 Å². The number of urea groups is 1. The third-order valence-electron chi connectivity index (χ3n) is 3.53. The minimum atomic E-state index is -0.890. The molecule has 0 atom stereocenters. The van der Waals surface area contributed by atoms with Crippen molar-refractivity contribution in [3.05, 3.63) is 28.5 Å². The smallest absolute Gasteiger partial charge is 0.319 e. The Kier molecular flexibility index (Phi) is 4.27. The van der Waals surface area contributed by atoms with E-state index < -0.39 is 23.2 Å². The van der Waals surface area contributed by atoms with Crippen molar-refractivity contribution in [1.82, 2.24) is 5.32 Å². The lowest BCUT2D eigenvalue weighted by Crippen LogP contribution is -2.48. The van der Waals surface area contributed by atoms with Crippen LogP contribution in [0.25, 0.3) is 0 Å². The lowest BCUT2D eigenvalue weighted by Gasteiger charge is -2.37. The van der Waals surface area contributed by atoms with Gasteiger partial charge < -0.3 is 15.7 Å². The van der Waals surface area contributed by atoms with Gasteiger partial charge in [-0.2, -0.15) is 0 Å². The summed E-state index contributed by atoms with van der Waals surface area (Å²) in [5, 5.41) is 14.1. The second-order valence-corrected chi connectivity index (χ2v) is 5.73. The number of nitrogens with one attached hydrogen (secondary N) is 2. The summed E-state index contributed by atoms with van der Waals surface area (Å²) in [6.45, 7) is 0.0766. The van der Waals surface area contributed by atoms with Crippen LogP contribution in [0.5, 0.6) is 0 Å². The number of hydrogen-bond donors (Lipinski definition) is 3. The van der Waals surface area contributed by atoms with Crippen LogP contribution in [0, 0.1) is 11.2 Å². The summed E-state index contributed by atoms with van der Waals surface area (Å²) in [7, 11) is 0. The number of aliphatic carboxylic acids is 1. The van der Waals surface area contributed by atoms with Crippen molar-refractivity contribution in [3.63, 3.8) is 0 Å². The van der Waals surface area contributed by atoms with Crippen molar-refractivity contribution >= 4 is 33.6 Å². The summed E-state index contributed by atoms with van der Waals surface area (Å²) in [5.41, 5.74) is -0.538. The molecule has 0 bridgehead atoms. The molecule has 108 valence electrons. The molecule has 1 aliphatic rings. The Labute approximate surface area is 123 Å². The molecule has 7 heteroatoms. The molecule has 1 aliphatic carbocycles. The largest absolute Gasteiger partial charge is 0.481 e. The minimum Gasteiger partial charge on any atom is -0.481 e. The third-order valence-corrected chi connectivity index (χ3v) is 4.17. The molecule has 5 nitrogen and oxygen atoms in total. The summed E-state index contributed by atoms with van der Waals surface area (Å²) in [6.07, 6.45) is 1.98. The lowest BCUT2D eigenvalue weighted by atomic mass is 9.69. The van der Waals surface area contributed by atoms with Gasteiger partial charge in [-0.25, -0.2) is 9.18 Å². The molecule has 0 radical (unpaired) electrons. The molecule has 20 heavy (non-hydrogen) atoms. The third kappa shape index (κ3) is 3.09. The molecule has 2 amide bonds. The van der Waals surface area contributed by atoms with Gasteiger partial charge in [0.25, 0.3) is 0 Å². The average Bonchev–Trinajstić information content (AvgIpc) is 2.32. The highest BCUT2D eigenvalue weighted by Gasteiger charge is 2.44. The number of hydrogen-bond acceptors (Lipinski definition) is 2. The van der Waals surface area contributed by atoms with Gasteiger partial charge in [-0.3, -0.25) is 4.79 Å². The van der Waals surface area contributed by atoms with E-state index in [4.69, 9.17) is 5.11 Å². The van der Waals surface area contributed by atoms with Crippen molar-refractivity contribution in [2.45, 2.75) is 19.3 Å². The van der Waals surface area contributed by atoms with E-state index in [9.17, 15) is 14.0 Å². The van der Waals surface area contributed by atoms with Crippen molar-refractivity contribution in [2.24, 2.45) is 5.41 Å². The number of rotatable bonds is 4. The first kappa shape index (κ1) is 14.8. The number of carbonyl (C=O) groups is 2. The molecule has 0 aliphatic heterocycles. The van der Waals surface area contributed by atoms with Gasteiger partial charge >= 0.3 is 12.0 Å². The number of amides is 2. The molecule has 0 saturated heterocycles. The molecule has 2 rings (SSSR count). The van der Waals surface area contributed by atoms with Gasteiger partial charge in [0.05, 0.1) is 9.89 Å². The maximum absolute atomic E-state index is 13.3. The van der Waals surface area contributed by atoms with E-state index in [1.807, 2.05) is 0 Å². The first-order chi connectivity index (χ1) is 9.43. The standard InChI is InChI=1S/C13H14BrFN2O3/c14-9-3-2-8(6-10(9)15)17-12(20)16-7-13(11(18)19)4-1-5-13/h2-3,6H,1,4-5,7H2,(H,18,19)(H2,16,17,20). The Balaban J connectivity index is 1.89. The predicted molar refractivity (Wildman–Crippen MR) is 75.0 cm³/mol. The summed E-state index contributed by atoms with van der Waals surface area (Å²) in [4.78, 5) is 22.8. The van der Waals surface area contributed by atoms with Gasteiger partial charge in [0, 0.05) is 12.2 Å². The summed E-state index contributed by atoms with van der Waals surface area (Å²) in [6, 6.07) is 3.66. The quantitative estimate of drug-likeness (QED) is 0.785. The Bertz CT molecular complexity index is 546. The van der Waals surface area contributed by atoms with Gasteiger partial charge in [0.15, 0.2) is 0 Å². The first-order valence-electron chi connectivity index (χ1n) is 6.16. The van der Waals surface area contributed by atoms with Gasteiger partial charge in [-0.15, -0.1) is 0 Å². The fourth-order valence-electron chi connectivity index (χ4n) is 2.07. The zero-order valence-electron chi connectivity index (χ0n) is 10.6. The maximum Gasteiger partial charge on any atom is 0.319 e. The predicted octanol–water partition coefficient (Wildman–Crippen LogP) is 2.96. The molecule has 1 fully saturated rings. The van der Waals surface area contributed by atoms with Crippen LogP contribution >= 0.6 is 15.9 Å². The summed E-state index contributed by atoms with van der Waals surface area (Å²) in [5.74, 6) is -1.37. The Morgan fingerprint density at radius 3 is 2.60 bits per heavy atom. The highest BCUT2D eigenvalue weighted by Crippen LogP contribution is 2.40. The highest BCUT2D eigenvalue weighted by atomic mass is 79.9. The van der Waals surface area contributed by atoms with E-state index in [0.717, 1.165) is 6.42 Å². The normalized spacial score (nSPS) is 16.1. The SMILES string of the molecule is O=C(NCC1(C(=O)O)CCC1)Nc1ccc(Br)c(F)c1. The number of benzene rings is 1. The Morgan fingerprint density at radius 2 is 2.10 bits per heavy atom. The lowest BCUT2D eigenvalue weighted by molar-refractivity contribution is -0.153. The molecule has 0 aromatic heterocycles. The monoisotopic (exact) mass is 344 g/mol. The van der Waals surface area contributed by atoms with Gasteiger partial charge in [0.2, 0.25) is 0 Å². The number of carboxylic acid groups (broad SMARTS) is 1.